The molecule has 20 heteroatoms. The van der Waals surface area contributed by atoms with Crippen LogP contribution in [0.3, 0.4) is 0 Å². The zero-order valence-corrected chi connectivity index (χ0v) is 12.3. The third-order valence-corrected chi connectivity index (χ3v) is 7.39. The number of halogens is 6. The number of nitrogens with zero attached hydrogens (tertiary/aromatic N) is 2. The van der Waals surface area contributed by atoms with E-state index in [1.165, 1.54) is 0 Å². The van der Waals surface area contributed by atoms with Gasteiger partial charge in [0.15, 0.2) is 30.1 Å². The molecular formula is C2F6N2O8S4-2. The van der Waals surface area contributed by atoms with Crippen LogP contribution in [-0.4, -0.2) is 43.8 Å². The third kappa shape index (κ3) is 4.41. The van der Waals surface area contributed by atoms with Crippen LogP contribution in [0.5, 0.6) is 0 Å². The summed E-state index contributed by atoms with van der Waals surface area (Å²) in [6.45, 7) is 0. The van der Waals surface area contributed by atoms with Gasteiger partial charge in [0.05, 0.1) is 0 Å². The van der Waals surface area contributed by atoms with Crippen LogP contribution < -0.4 is 0 Å². The molecule has 0 atom stereocenters. The van der Waals surface area contributed by atoms with Crippen molar-refractivity contribution in [3.8, 4) is 0 Å². The van der Waals surface area contributed by atoms with Crippen LogP contribution in [0.15, 0.2) is 0 Å². The first kappa shape index (κ1) is 21.3. The molecule has 0 aliphatic carbocycles. The van der Waals surface area contributed by atoms with Crippen molar-refractivity contribution in [2.75, 3.05) is 0 Å². The number of rotatable bonds is 6. The van der Waals surface area contributed by atoms with Gasteiger partial charge in [-0.2, -0.15) is 22.0 Å². The Morgan fingerprint density at radius 1 is 0.591 bits per heavy atom. The summed E-state index contributed by atoms with van der Waals surface area (Å²) < 4.78 is 151. The van der Waals surface area contributed by atoms with Crippen molar-refractivity contribution in [2.24, 2.45) is 0 Å². The zero-order chi connectivity index (χ0) is 18.4. The average Bonchev–Trinajstić information content (AvgIpc) is 2.08. The van der Waals surface area contributed by atoms with Gasteiger partial charge in [-0.25, -0.2) is 33.7 Å². The lowest BCUT2D eigenvalue weighted by atomic mass is 11.6. The molecule has 0 amide bonds. The predicted octanol–water partition coefficient (Wildman–Crippen LogP) is 0.00760. The predicted molar refractivity (Wildman–Crippen MR) is 54.5 cm³/mol. The minimum absolute atomic E-state index is 0.693. The first-order valence-corrected chi connectivity index (χ1v) is 9.44. The van der Waals surface area contributed by atoms with Crippen molar-refractivity contribution < 1.29 is 59.5 Å². The summed E-state index contributed by atoms with van der Waals surface area (Å²) in [5, 5.41) is 0. The molecule has 0 saturated heterocycles. The van der Waals surface area contributed by atoms with Crippen molar-refractivity contribution in [1.29, 1.82) is 0 Å². The highest BCUT2D eigenvalue weighted by Gasteiger charge is 2.52. The summed E-state index contributed by atoms with van der Waals surface area (Å²) >= 11 is 0. The fraction of sp³-hybridized carbons (Fsp3) is 1.00. The van der Waals surface area contributed by atoms with Crippen LogP contribution in [0.25, 0.3) is 8.25 Å². The smallest absolute Gasteiger partial charge is 0.422 e. The highest BCUT2D eigenvalue weighted by Crippen LogP contribution is 2.41. The number of hydrogen-bond acceptors (Lipinski definition) is 8. The first-order valence-electron chi connectivity index (χ1n) is 3.78. The molecule has 0 aromatic carbocycles. The number of alkyl halides is 5. The van der Waals surface area contributed by atoms with E-state index in [9.17, 15) is 59.5 Å². The lowest BCUT2D eigenvalue weighted by Crippen LogP contribution is -2.39. The maximum atomic E-state index is 13.0. The van der Waals surface area contributed by atoms with Gasteiger partial charge in [-0.05, 0) is 0 Å². The van der Waals surface area contributed by atoms with Crippen LogP contribution in [0, 0.1) is 0 Å². The van der Waals surface area contributed by atoms with E-state index in [1.807, 2.05) is 0 Å². The van der Waals surface area contributed by atoms with Crippen molar-refractivity contribution >= 4 is 40.5 Å². The molecule has 22 heavy (non-hydrogen) atoms. The third-order valence-electron chi connectivity index (χ3n) is 1.28. The molecule has 0 bridgehead atoms. The highest BCUT2D eigenvalue weighted by molar-refractivity contribution is 8.22. The van der Waals surface area contributed by atoms with Crippen molar-refractivity contribution in [3.63, 3.8) is 0 Å². The van der Waals surface area contributed by atoms with Gasteiger partial charge >= 0.3 is 10.1 Å². The van der Waals surface area contributed by atoms with Gasteiger partial charge in [-0.15, -0.1) is 3.89 Å². The van der Waals surface area contributed by atoms with Gasteiger partial charge < -0.3 is 8.25 Å². The number of sulfonamides is 3. The van der Waals surface area contributed by atoms with Gasteiger partial charge in [0, 0.05) is 0 Å². The molecule has 0 saturated carbocycles. The molecule has 0 spiro atoms. The number of hydrogen-bond donors (Lipinski definition) is 0. The van der Waals surface area contributed by atoms with E-state index >= 15 is 0 Å². The van der Waals surface area contributed by atoms with Crippen LogP contribution in [0.2, 0.25) is 0 Å². The molecule has 0 aromatic heterocycles. The minimum Gasteiger partial charge on any atom is -0.422 e. The largest absolute Gasteiger partial charge is 0.480 e. The zero-order valence-electron chi connectivity index (χ0n) is 9.06. The molecule has 0 unspecified atom stereocenters. The maximum Gasteiger partial charge on any atom is 0.480 e. The molecule has 10 nitrogen and oxygen atoms in total. The fourth-order valence-electron chi connectivity index (χ4n) is 0.509. The molecule has 0 aliphatic rings. The molecule has 0 aliphatic heterocycles. The summed E-state index contributed by atoms with van der Waals surface area (Å²) in [5.41, 5.74) is -6.50. The fourth-order valence-corrected chi connectivity index (χ4v) is 5.12. The van der Waals surface area contributed by atoms with Gasteiger partial charge in [0.1, 0.15) is 0 Å². The molecule has 0 heterocycles. The van der Waals surface area contributed by atoms with E-state index in [0.29, 0.717) is 4.13 Å². The SMILES string of the molecule is O=S(=O)(F)[N-]S(=O)(=O)C(F)(F)S(=O)(=O)[N-]S(=O)(=O)C(F)(F)F. The quantitative estimate of drug-likeness (QED) is 0.426. The van der Waals surface area contributed by atoms with Gasteiger partial charge in [0.2, 0.25) is 10.4 Å². The molecule has 0 aromatic rings. The standard InChI is InChI=1S/C2F6N2O8S4/c3-1(4,5)19(11,12)9-20(13,14)2(6,7)21(15,16)10-22(8,17)18/q-2. The maximum absolute atomic E-state index is 13.0. The minimum atomic E-state index is -7.36. The van der Waals surface area contributed by atoms with Crippen molar-refractivity contribution in [3.05, 3.63) is 8.25 Å². The van der Waals surface area contributed by atoms with Crippen LogP contribution in [0.4, 0.5) is 25.8 Å². The summed E-state index contributed by atoms with van der Waals surface area (Å²) in [4.78, 5) is 0. The molecule has 0 fully saturated rings. The highest BCUT2D eigenvalue weighted by atomic mass is 32.3. The normalized spacial score (nSPS) is 15.7. The summed E-state index contributed by atoms with van der Waals surface area (Å²) in [7, 11) is -28.3. The van der Waals surface area contributed by atoms with Crippen LogP contribution in [-0.2, 0) is 40.5 Å². The molecule has 0 N–H and O–H groups in total. The van der Waals surface area contributed by atoms with Crippen LogP contribution >= 0.6 is 0 Å². The monoisotopic (exact) mass is 422 g/mol. The van der Waals surface area contributed by atoms with Gasteiger partial charge in [0.25, 0.3) is 0 Å². The van der Waals surface area contributed by atoms with Crippen molar-refractivity contribution in [2.45, 2.75) is 10.1 Å². The Balaban J connectivity index is 6.03. The summed E-state index contributed by atoms with van der Waals surface area (Å²) in [5.74, 6) is 0. The second-order valence-corrected chi connectivity index (χ2v) is 9.51. The van der Waals surface area contributed by atoms with E-state index in [2.05, 4.69) is 0 Å². The lowest BCUT2D eigenvalue weighted by Gasteiger charge is -2.30. The Bertz CT molecular complexity index is 848. The van der Waals surface area contributed by atoms with Gasteiger partial charge in [-0.1, -0.05) is 0 Å². The van der Waals surface area contributed by atoms with Crippen LogP contribution in [0.1, 0.15) is 0 Å². The Labute approximate surface area is 119 Å². The molecular weight excluding hydrogens is 422 g/mol. The average molecular weight is 422 g/mol. The Kier molecular flexibility index (Phi) is 5.26. The Morgan fingerprint density at radius 3 is 1.18 bits per heavy atom. The van der Waals surface area contributed by atoms with Gasteiger partial charge in [-0.3, -0.25) is 0 Å². The first-order chi connectivity index (χ1) is 9.16. The van der Waals surface area contributed by atoms with Crippen molar-refractivity contribution in [1.82, 2.24) is 0 Å². The molecule has 0 rings (SSSR count). The van der Waals surface area contributed by atoms with E-state index in [4.69, 9.17) is 0 Å². The second-order valence-electron chi connectivity index (χ2n) is 2.90. The topological polar surface area (TPSA) is 165 Å². The van der Waals surface area contributed by atoms with E-state index < -0.39 is 50.6 Å². The molecule has 0 radical (unpaired) electrons. The second kappa shape index (κ2) is 5.43. The molecule has 134 valence electrons. The lowest BCUT2D eigenvalue weighted by molar-refractivity contribution is -0.0425. The Hall–Kier alpha value is -0.700. The van der Waals surface area contributed by atoms with E-state index in [-0.39, 0.29) is 0 Å². The Morgan fingerprint density at radius 2 is 0.909 bits per heavy atom. The summed E-state index contributed by atoms with van der Waals surface area (Å²) in [6, 6.07) is 0. The van der Waals surface area contributed by atoms with E-state index in [1.54, 1.807) is 0 Å². The summed E-state index contributed by atoms with van der Waals surface area (Å²) in [6.07, 6.45) is 0. The van der Waals surface area contributed by atoms with E-state index in [0.717, 1.165) is 4.13 Å².